The molecule has 0 aliphatic carbocycles. The van der Waals surface area contributed by atoms with E-state index >= 15 is 0 Å². The number of hydrogen-bond donors (Lipinski definition) is 0. The average Bonchev–Trinajstić information content (AvgIpc) is 3.29. The molecule has 0 unspecified atom stereocenters. The predicted molar refractivity (Wildman–Crippen MR) is 167 cm³/mol. The van der Waals surface area contributed by atoms with Crippen LogP contribution in [0, 0.1) is 0 Å². The van der Waals surface area contributed by atoms with Crippen molar-refractivity contribution in [1.82, 2.24) is 4.57 Å². The third-order valence-electron chi connectivity index (χ3n) is 6.81. The minimum Gasteiger partial charge on any atom is -0.497 e. The first kappa shape index (κ1) is 30.4. The SMILES string of the molecule is CCOC(=O)C1=C(C)N=c2s/c(=C/c3cccc(OCc4ccc(Cl)cc4Cl)c3)c(=O)n2[C@H]1c1cc(OC)ccc1OC. The Bertz CT molecular complexity index is 1910. The van der Waals surface area contributed by atoms with Crippen LogP contribution >= 0.6 is 34.5 Å². The number of ether oxygens (including phenoxy) is 4. The first-order valence-electron chi connectivity index (χ1n) is 13.3. The van der Waals surface area contributed by atoms with Crippen LogP contribution in [0.1, 0.15) is 36.6 Å². The van der Waals surface area contributed by atoms with Gasteiger partial charge in [0, 0.05) is 21.2 Å². The molecule has 4 aromatic rings. The second-order valence-corrected chi connectivity index (χ2v) is 11.4. The van der Waals surface area contributed by atoms with E-state index in [1.165, 1.54) is 23.0 Å². The summed E-state index contributed by atoms with van der Waals surface area (Å²) >= 11 is 13.5. The van der Waals surface area contributed by atoms with Crippen molar-refractivity contribution in [3.8, 4) is 17.2 Å². The molecular formula is C32H28Cl2N2O6S. The highest BCUT2D eigenvalue weighted by Gasteiger charge is 2.35. The zero-order valence-electron chi connectivity index (χ0n) is 23.9. The standard InChI is InChI=1S/C32H28Cl2N2O6S/c1-5-41-31(38)28-18(2)35-32-36(29(28)24-16-22(39-3)11-12-26(24)40-4)30(37)27(43-32)14-19-7-6-8-23(13-19)42-17-20-9-10-21(33)15-25(20)34/h6-16,29H,5,17H2,1-4H3/b27-14+/t29-/m0/s1. The number of carbonyl (C=O) groups excluding carboxylic acids is 1. The van der Waals surface area contributed by atoms with Gasteiger partial charge in [-0.1, -0.05) is 52.7 Å². The highest BCUT2D eigenvalue weighted by Crippen LogP contribution is 2.37. The van der Waals surface area contributed by atoms with Crippen LogP contribution in [-0.2, 0) is 16.1 Å². The first-order valence-corrected chi connectivity index (χ1v) is 14.9. The zero-order valence-corrected chi connectivity index (χ0v) is 26.2. The van der Waals surface area contributed by atoms with Gasteiger partial charge in [-0.3, -0.25) is 9.36 Å². The van der Waals surface area contributed by atoms with Gasteiger partial charge in [-0.25, -0.2) is 9.79 Å². The Morgan fingerprint density at radius 3 is 2.58 bits per heavy atom. The fourth-order valence-corrected chi connectivity index (χ4v) is 6.29. The summed E-state index contributed by atoms with van der Waals surface area (Å²) in [6.07, 6.45) is 1.77. The van der Waals surface area contributed by atoms with E-state index in [0.29, 0.717) is 47.9 Å². The molecule has 1 aliphatic rings. The van der Waals surface area contributed by atoms with E-state index in [2.05, 4.69) is 4.99 Å². The lowest BCUT2D eigenvalue weighted by atomic mass is 9.94. The molecule has 0 N–H and O–H groups in total. The molecule has 1 aliphatic heterocycles. The van der Waals surface area contributed by atoms with Crippen LogP contribution in [0.25, 0.3) is 6.08 Å². The number of benzene rings is 3. The number of halogens is 2. The molecule has 8 nitrogen and oxygen atoms in total. The summed E-state index contributed by atoms with van der Waals surface area (Å²) in [7, 11) is 3.08. The molecule has 1 atom stereocenters. The van der Waals surface area contributed by atoms with E-state index in [0.717, 1.165) is 11.1 Å². The Labute approximate surface area is 262 Å². The van der Waals surface area contributed by atoms with Gasteiger partial charge >= 0.3 is 5.97 Å². The molecule has 0 radical (unpaired) electrons. The number of fused-ring (bicyclic) bond motifs is 1. The van der Waals surface area contributed by atoms with Crippen LogP contribution in [0.4, 0.5) is 0 Å². The second-order valence-electron chi connectivity index (χ2n) is 9.51. The number of thiazole rings is 1. The summed E-state index contributed by atoms with van der Waals surface area (Å²) in [6, 6.07) is 17.0. The number of aromatic nitrogens is 1. The van der Waals surface area contributed by atoms with E-state index in [-0.39, 0.29) is 24.3 Å². The van der Waals surface area contributed by atoms with E-state index in [9.17, 15) is 9.59 Å². The van der Waals surface area contributed by atoms with E-state index in [1.54, 1.807) is 57.4 Å². The molecule has 0 saturated carbocycles. The van der Waals surface area contributed by atoms with Gasteiger partial charge in [-0.15, -0.1) is 0 Å². The lowest BCUT2D eigenvalue weighted by Crippen LogP contribution is -2.40. The monoisotopic (exact) mass is 638 g/mol. The Kier molecular flexibility index (Phi) is 9.25. The fraction of sp³-hybridized carbons (Fsp3) is 0.219. The first-order chi connectivity index (χ1) is 20.7. The van der Waals surface area contributed by atoms with Gasteiger partial charge in [0.25, 0.3) is 5.56 Å². The minimum atomic E-state index is -0.846. The number of hydrogen-bond acceptors (Lipinski definition) is 8. The fourth-order valence-electron chi connectivity index (χ4n) is 4.78. The van der Waals surface area contributed by atoms with E-state index < -0.39 is 12.0 Å². The molecule has 0 amide bonds. The van der Waals surface area contributed by atoms with Gasteiger partial charge in [0.2, 0.25) is 0 Å². The number of rotatable bonds is 9. The quantitative estimate of drug-likeness (QED) is 0.219. The third kappa shape index (κ3) is 6.34. The maximum absolute atomic E-state index is 14.0. The number of allylic oxidation sites excluding steroid dienone is 1. The van der Waals surface area contributed by atoms with Crippen molar-refractivity contribution in [2.75, 3.05) is 20.8 Å². The molecular weight excluding hydrogens is 611 g/mol. The second kappa shape index (κ2) is 13.1. The zero-order chi connectivity index (χ0) is 30.7. The number of carbonyl (C=O) groups is 1. The molecule has 2 heterocycles. The molecule has 0 bridgehead atoms. The molecule has 0 fully saturated rings. The van der Waals surface area contributed by atoms with Crippen LogP contribution in [-0.4, -0.2) is 31.4 Å². The van der Waals surface area contributed by atoms with Crippen LogP contribution in [0.2, 0.25) is 10.0 Å². The van der Waals surface area contributed by atoms with Gasteiger partial charge in [0.15, 0.2) is 4.80 Å². The van der Waals surface area contributed by atoms with Crippen LogP contribution in [0.5, 0.6) is 17.2 Å². The van der Waals surface area contributed by atoms with Gasteiger partial charge < -0.3 is 18.9 Å². The van der Waals surface area contributed by atoms with Crippen molar-refractivity contribution in [3.63, 3.8) is 0 Å². The normalized spacial score (nSPS) is 14.7. The predicted octanol–water partition coefficient (Wildman–Crippen LogP) is 5.70. The lowest BCUT2D eigenvalue weighted by Gasteiger charge is -2.26. The molecule has 0 saturated heterocycles. The number of methoxy groups -OCH3 is 2. The van der Waals surface area contributed by atoms with E-state index in [4.69, 9.17) is 42.1 Å². The molecule has 5 rings (SSSR count). The number of nitrogens with zero attached hydrogens (tertiary/aromatic N) is 2. The summed E-state index contributed by atoms with van der Waals surface area (Å²) in [4.78, 5) is 32.4. The smallest absolute Gasteiger partial charge is 0.338 e. The molecule has 43 heavy (non-hydrogen) atoms. The minimum absolute atomic E-state index is 0.171. The largest absolute Gasteiger partial charge is 0.497 e. The highest BCUT2D eigenvalue weighted by molar-refractivity contribution is 7.07. The van der Waals surface area contributed by atoms with Gasteiger partial charge in [-0.05, 0) is 68.0 Å². The Morgan fingerprint density at radius 1 is 1.05 bits per heavy atom. The molecule has 11 heteroatoms. The summed E-state index contributed by atoms with van der Waals surface area (Å²) in [6.45, 7) is 3.88. The van der Waals surface area contributed by atoms with Crippen molar-refractivity contribution >= 4 is 46.6 Å². The molecule has 222 valence electrons. The van der Waals surface area contributed by atoms with Gasteiger partial charge in [-0.2, -0.15) is 0 Å². The summed E-state index contributed by atoms with van der Waals surface area (Å²) in [5, 5.41) is 1.07. The average molecular weight is 640 g/mol. The van der Waals surface area contributed by atoms with Crippen molar-refractivity contribution in [1.29, 1.82) is 0 Å². The lowest BCUT2D eigenvalue weighted by molar-refractivity contribution is -0.139. The van der Waals surface area contributed by atoms with Gasteiger partial charge in [0.05, 0.1) is 36.6 Å². The van der Waals surface area contributed by atoms with Crippen LogP contribution < -0.4 is 29.1 Å². The summed E-state index contributed by atoms with van der Waals surface area (Å²) in [5.74, 6) is 1.08. The van der Waals surface area contributed by atoms with Gasteiger partial charge in [0.1, 0.15) is 29.9 Å². The molecule has 1 aromatic heterocycles. The number of esters is 1. The van der Waals surface area contributed by atoms with Crippen molar-refractivity contribution < 1.29 is 23.7 Å². The van der Waals surface area contributed by atoms with Crippen molar-refractivity contribution in [2.45, 2.75) is 26.5 Å². The van der Waals surface area contributed by atoms with Crippen LogP contribution in [0.3, 0.4) is 0 Å². The van der Waals surface area contributed by atoms with Crippen molar-refractivity contribution in [3.05, 3.63) is 118 Å². The molecule has 0 spiro atoms. The van der Waals surface area contributed by atoms with Crippen LogP contribution in [0.15, 0.2) is 81.7 Å². The van der Waals surface area contributed by atoms with E-state index in [1.807, 2.05) is 30.3 Å². The highest BCUT2D eigenvalue weighted by atomic mass is 35.5. The third-order valence-corrected chi connectivity index (χ3v) is 8.38. The van der Waals surface area contributed by atoms with Crippen molar-refractivity contribution in [2.24, 2.45) is 4.99 Å². The Balaban J connectivity index is 1.58. The molecule has 3 aromatic carbocycles. The maximum Gasteiger partial charge on any atom is 0.338 e. The summed E-state index contributed by atoms with van der Waals surface area (Å²) < 4.78 is 24.4. The topological polar surface area (TPSA) is 88.4 Å². The maximum atomic E-state index is 14.0. The Morgan fingerprint density at radius 2 is 1.86 bits per heavy atom. The summed E-state index contributed by atoms with van der Waals surface area (Å²) in [5.41, 5.74) is 2.52. The Hall–Kier alpha value is -4.05.